The molecule has 0 aromatic heterocycles. The summed E-state index contributed by atoms with van der Waals surface area (Å²) < 4.78 is 69.6. The third-order valence-corrected chi connectivity index (χ3v) is 8.51. The van der Waals surface area contributed by atoms with Crippen LogP contribution in [0.3, 0.4) is 0 Å². The van der Waals surface area contributed by atoms with Crippen LogP contribution in [0, 0.1) is 0 Å². The van der Waals surface area contributed by atoms with Gasteiger partial charge in [-0.1, -0.05) is 12.1 Å². The van der Waals surface area contributed by atoms with E-state index in [0.717, 1.165) is 10.6 Å². The van der Waals surface area contributed by atoms with Crippen molar-refractivity contribution in [2.75, 3.05) is 55.8 Å². The average molecular weight is 512 g/mol. The highest BCUT2D eigenvalue weighted by Crippen LogP contribution is 2.35. The van der Waals surface area contributed by atoms with E-state index in [1.54, 1.807) is 24.3 Å². The molecule has 2 heterocycles. The van der Waals surface area contributed by atoms with Crippen LogP contribution in [0.4, 0.5) is 11.4 Å². The molecule has 184 valence electrons. The molecule has 34 heavy (non-hydrogen) atoms. The Balaban J connectivity index is 1.60. The quantitative estimate of drug-likeness (QED) is 0.605. The van der Waals surface area contributed by atoms with Crippen molar-refractivity contribution in [2.45, 2.75) is 11.0 Å². The molecule has 13 heteroatoms. The molecule has 11 nitrogen and oxygen atoms in total. The number of ether oxygens (including phenoxy) is 3. The lowest BCUT2D eigenvalue weighted by Crippen LogP contribution is -2.48. The number of hydrogen-bond donors (Lipinski definition) is 1. The maximum Gasteiger partial charge on any atom is 0.267 e. The summed E-state index contributed by atoms with van der Waals surface area (Å²) in [6.07, 6.45) is -0.0953. The number of para-hydroxylation sites is 2. The van der Waals surface area contributed by atoms with Crippen LogP contribution < -0.4 is 19.1 Å². The number of carbonyl (C=O) groups is 1. The van der Waals surface area contributed by atoms with Gasteiger partial charge in [0.05, 0.1) is 38.8 Å². The molecule has 2 aromatic rings. The lowest BCUT2D eigenvalue weighted by Gasteiger charge is -2.33. The van der Waals surface area contributed by atoms with E-state index in [4.69, 9.17) is 14.2 Å². The second-order valence-electron chi connectivity index (χ2n) is 7.74. The molecule has 0 radical (unpaired) electrons. The summed E-state index contributed by atoms with van der Waals surface area (Å²) in [6, 6.07) is 10.8. The van der Waals surface area contributed by atoms with Crippen molar-refractivity contribution in [2.24, 2.45) is 0 Å². The minimum Gasteiger partial charge on any atom is -0.495 e. The molecular weight excluding hydrogens is 486 g/mol. The second-order valence-corrected chi connectivity index (χ2v) is 11.6. The van der Waals surface area contributed by atoms with Gasteiger partial charge < -0.3 is 19.5 Å². The summed E-state index contributed by atoms with van der Waals surface area (Å²) >= 11 is 0. The summed E-state index contributed by atoms with van der Waals surface area (Å²) in [6.45, 7) is 0.763. The first kappa shape index (κ1) is 24.3. The standard InChI is InChI=1S/C21H25N3O8S2/c1-30-18-8-7-15(13-20(18)34(28,29)23-9-11-31-12-10-23)22-21(25)19-14-24(33(2,26)27)16-5-3-4-6-17(16)32-19/h3-8,13,19H,9-12,14H2,1-2H3,(H,22,25)/t19-/m0/s1. The van der Waals surface area contributed by atoms with E-state index in [0.29, 0.717) is 5.69 Å². The SMILES string of the molecule is COc1ccc(NC(=O)[C@@H]2CN(S(C)(=O)=O)c3ccccc3O2)cc1S(=O)(=O)N1CCOCC1. The summed E-state index contributed by atoms with van der Waals surface area (Å²) in [5.74, 6) is -0.233. The Bertz CT molecular complexity index is 1290. The predicted octanol–water partition coefficient (Wildman–Crippen LogP) is 0.882. The molecule has 1 amide bonds. The van der Waals surface area contributed by atoms with E-state index >= 15 is 0 Å². The normalized spacial score (nSPS) is 19.1. The Morgan fingerprint density at radius 3 is 2.47 bits per heavy atom. The Labute approximate surface area is 198 Å². The fraction of sp³-hybridized carbons (Fsp3) is 0.381. The number of hydrogen-bond acceptors (Lipinski definition) is 8. The van der Waals surface area contributed by atoms with Gasteiger partial charge in [0.25, 0.3) is 5.91 Å². The number of rotatable bonds is 6. The van der Waals surface area contributed by atoms with Crippen LogP contribution in [0.25, 0.3) is 0 Å². The molecule has 0 bridgehead atoms. The second kappa shape index (κ2) is 9.41. The Morgan fingerprint density at radius 1 is 1.09 bits per heavy atom. The monoisotopic (exact) mass is 511 g/mol. The van der Waals surface area contributed by atoms with Crippen molar-refractivity contribution in [3.05, 3.63) is 42.5 Å². The molecule has 4 rings (SSSR count). The van der Waals surface area contributed by atoms with Crippen LogP contribution in [0.2, 0.25) is 0 Å². The van der Waals surface area contributed by atoms with E-state index in [9.17, 15) is 21.6 Å². The van der Waals surface area contributed by atoms with Crippen molar-refractivity contribution in [3.63, 3.8) is 0 Å². The van der Waals surface area contributed by atoms with Gasteiger partial charge in [0.15, 0.2) is 6.10 Å². The maximum atomic E-state index is 13.2. The largest absolute Gasteiger partial charge is 0.495 e. The highest BCUT2D eigenvalue weighted by molar-refractivity contribution is 7.92. The van der Waals surface area contributed by atoms with Gasteiger partial charge in [-0.15, -0.1) is 0 Å². The Kier molecular flexibility index (Phi) is 6.71. The van der Waals surface area contributed by atoms with Gasteiger partial charge in [-0.2, -0.15) is 4.31 Å². The van der Waals surface area contributed by atoms with Crippen molar-refractivity contribution in [1.82, 2.24) is 4.31 Å². The van der Waals surface area contributed by atoms with Crippen LogP contribution in [-0.2, 0) is 29.6 Å². The minimum atomic E-state index is -3.90. The number of morpholine rings is 1. The number of amides is 1. The number of anilines is 2. The first-order chi connectivity index (χ1) is 16.1. The van der Waals surface area contributed by atoms with Crippen molar-refractivity contribution in [1.29, 1.82) is 0 Å². The van der Waals surface area contributed by atoms with Gasteiger partial charge in [-0.05, 0) is 30.3 Å². The van der Waals surface area contributed by atoms with E-state index in [1.165, 1.54) is 29.6 Å². The number of benzene rings is 2. The zero-order valence-electron chi connectivity index (χ0n) is 18.6. The van der Waals surface area contributed by atoms with E-state index < -0.39 is 32.1 Å². The summed E-state index contributed by atoms with van der Waals surface area (Å²) in [5, 5.41) is 2.63. The molecule has 1 saturated heterocycles. The summed E-state index contributed by atoms with van der Waals surface area (Å²) in [7, 11) is -6.20. The third kappa shape index (κ3) is 4.82. The molecule has 1 fully saturated rings. The number of methoxy groups -OCH3 is 1. The van der Waals surface area contributed by atoms with Gasteiger partial charge >= 0.3 is 0 Å². The van der Waals surface area contributed by atoms with Gasteiger partial charge in [0.2, 0.25) is 20.0 Å². The number of fused-ring (bicyclic) bond motifs is 1. The summed E-state index contributed by atoms with van der Waals surface area (Å²) in [4.78, 5) is 12.9. The third-order valence-electron chi connectivity index (χ3n) is 5.45. The van der Waals surface area contributed by atoms with E-state index in [2.05, 4.69) is 5.32 Å². The Hall–Kier alpha value is -2.87. The number of carbonyl (C=O) groups excluding carboxylic acids is 1. The zero-order valence-corrected chi connectivity index (χ0v) is 20.3. The molecule has 2 aliphatic heterocycles. The number of nitrogens with one attached hydrogen (secondary N) is 1. The molecule has 0 unspecified atom stereocenters. The maximum absolute atomic E-state index is 13.2. The molecule has 1 atom stereocenters. The molecule has 2 aromatic carbocycles. The predicted molar refractivity (Wildman–Crippen MR) is 124 cm³/mol. The Morgan fingerprint density at radius 2 is 1.79 bits per heavy atom. The number of sulfonamides is 2. The van der Waals surface area contributed by atoms with Gasteiger partial charge in [0, 0.05) is 18.8 Å². The van der Waals surface area contributed by atoms with E-state index in [-0.39, 0.29) is 54.9 Å². The van der Waals surface area contributed by atoms with Crippen LogP contribution in [0.15, 0.2) is 47.4 Å². The van der Waals surface area contributed by atoms with Crippen LogP contribution in [-0.4, -0.2) is 79.4 Å². The number of nitrogens with zero attached hydrogens (tertiary/aromatic N) is 2. The van der Waals surface area contributed by atoms with E-state index in [1.807, 2.05) is 0 Å². The van der Waals surface area contributed by atoms with Crippen LogP contribution in [0.5, 0.6) is 11.5 Å². The fourth-order valence-corrected chi connectivity index (χ4v) is 6.26. The molecular formula is C21H25N3O8S2. The highest BCUT2D eigenvalue weighted by Gasteiger charge is 2.35. The molecule has 2 aliphatic rings. The molecule has 1 N–H and O–H groups in total. The first-order valence-corrected chi connectivity index (χ1v) is 13.7. The topological polar surface area (TPSA) is 132 Å². The fourth-order valence-electron chi connectivity index (χ4n) is 3.76. The minimum absolute atomic E-state index is 0.0950. The van der Waals surface area contributed by atoms with Gasteiger partial charge in [0.1, 0.15) is 16.4 Å². The summed E-state index contributed by atoms with van der Waals surface area (Å²) in [5.41, 5.74) is 0.545. The molecule has 0 saturated carbocycles. The van der Waals surface area contributed by atoms with Crippen LogP contribution in [0.1, 0.15) is 0 Å². The molecule has 0 spiro atoms. The van der Waals surface area contributed by atoms with Crippen molar-refractivity contribution in [3.8, 4) is 11.5 Å². The van der Waals surface area contributed by atoms with Gasteiger partial charge in [-0.25, -0.2) is 16.8 Å². The average Bonchev–Trinajstić information content (AvgIpc) is 2.83. The highest BCUT2D eigenvalue weighted by atomic mass is 32.2. The lowest BCUT2D eigenvalue weighted by molar-refractivity contribution is -0.122. The van der Waals surface area contributed by atoms with Crippen molar-refractivity contribution < 1.29 is 35.8 Å². The van der Waals surface area contributed by atoms with Crippen molar-refractivity contribution >= 4 is 37.3 Å². The van der Waals surface area contributed by atoms with Gasteiger partial charge in [-0.3, -0.25) is 9.10 Å². The zero-order chi connectivity index (χ0) is 24.5. The molecule has 0 aliphatic carbocycles. The smallest absolute Gasteiger partial charge is 0.267 e. The van der Waals surface area contributed by atoms with Crippen LogP contribution >= 0.6 is 0 Å². The lowest BCUT2D eigenvalue weighted by atomic mass is 10.2. The first-order valence-electron chi connectivity index (χ1n) is 10.4.